The average Bonchev–Trinajstić information content (AvgIpc) is 2.77. The van der Waals surface area contributed by atoms with Crippen LogP contribution in [0.1, 0.15) is 136 Å². The highest BCUT2D eigenvalue weighted by atomic mass is 28.4. The van der Waals surface area contributed by atoms with Crippen LogP contribution in [-0.2, 0) is 13.3 Å². The minimum absolute atomic E-state index is 0.136. The molecule has 0 aliphatic carbocycles. The van der Waals surface area contributed by atoms with Gasteiger partial charge in [-0.05, 0) is 12.8 Å². The van der Waals surface area contributed by atoms with E-state index in [0.29, 0.717) is 6.61 Å². The lowest BCUT2D eigenvalue weighted by Gasteiger charge is -2.30. The van der Waals surface area contributed by atoms with E-state index in [4.69, 9.17) is 19.0 Å². The van der Waals surface area contributed by atoms with Crippen LogP contribution in [0.2, 0.25) is 0 Å². The molecule has 0 saturated carbocycles. The van der Waals surface area contributed by atoms with Crippen molar-refractivity contribution >= 4 is 8.80 Å². The smallest absolute Gasteiger partial charge is 0.376 e. The van der Waals surface area contributed by atoms with Crippen LogP contribution in [0.25, 0.3) is 0 Å². The molecule has 0 radical (unpaired) electrons. The zero-order chi connectivity index (χ0) is 22.3. The summed E-state index contributed by atoms with van der Waals surface area (Å²) in [6.45, 7) is 5.03. The Bertz CT molecular complexity index is 340. The van der Waals surface area contributed by atoms with Crippen LogP contribution in [0, 0.1) is 0 Å². The lowest BCUT2D eigenvalue weighted by Crippen LogP contribution is -2.59. The first-order valence-corrected chi connectivity index (χ1v) is 15.0. The summed E-state index contributed by atoms with van der Waals surface area (Å²) < 4.78 is 17.1. The molecule has 2 N–H and O–H groups in total. The normalized spacial score (nSPS) is 13.1. The molecule has 0 rings (SSSR count). The van der Waals surface area contributed by atoms with Crippen LogP contribution in [-0.4, -0.2) is 35.3 Å². The Hall–Kier alpha value is 0.0569. The summed E-state index contributed by atoms with van der Waals surface area (Å²) in [4.78, 5) is 0. The van der Waals surface area contributed by atoms with E-state index in [2.05, 4.69) is 6.92 Å². The first-order chi connectivity index (χ1) is 14.7. The molecule has 1 atom stereocenters. The fraction of sp³-hybridized carbons (Fsp3) is 1.00. The van der Waals surface area contributed by atoms with Crippen molar-refractivity contribution in [1.82, 2.24) is 0 Å². The van der Waals surface area contributed by atoms with Gasteiger partial charge in [-0.3, -0.25) is 0 Å². The van der Waals surface area contributed by atoms with Crippen molar-refractivity contribution in [3.05, 3.63) is 0 Å². The van der Waals surface area contributed by atoms with Gasteiger partial charge in [0.15, 0.2) is 0 Å². The van der Waals surface area contributed by atoms with E-state index in [-0.39, 0.29) is 5.67 Å². The molecule has 0 aliphatic rings. The first-order valence-electron chi connectivity index (χ1n) is 13.2. The van der Waals surface area contributed by atoms with E-state index in [9.17, 15) is 0 Å². The van der Waals surface area contributed by atoms with Crippen molar-refractivity contribution < 1.29 is 13.3 Å². The van der Waals surface area contributed by atoms with Crippen LogP contribution in [0.4, 0.5) is 0 Å². The number of unbranched alkanes of at least 4 members (excludes halogenated alkanes) is 17. The average molecular weight is 446 g/mol. The van der Waals surface area contributed by atoms with Gasteiger partial charge in [0.05, 0.1) is 5.67 Å². The molecule has 0 aromatic carbocycles. The third-order valence-corrected chi connectivity index (χ3v) is 9.33. The van der Waals surface area contributed by atoms with Crippen molar-refractivity contribution in [2.45, 2.75) is 142 Å². The number of hydrogen-bond acceptors (Lipinski definition) is 4. The third kappa shape index (κ3) is 15.8. The summed E-state index contributed by atoms with van der Waals surface area (Å²) in [6, 6.07) is 0. The summed E-state index contributed by atoms with van der Waals surface area (Å²) in [5, 5.41) is 0. The molecule has 0 spiro atoms. The van der Waals surface area contributed by atoms with Crippen molar-refractivity contribution in [3.63, 3.8) is 0 Å². The molecular weight excluding hydrogens is 390 g/mol. The molecular formula is C25H55NO3Si. The minimum Gasteiger partial charge on any atom is -0.376 e. The SMILES string of the molecule is CCCCCCCCCCCCCCCCCCCCO[Si](OC)(OC)C(N)CC. The summed E-state index contributed by atoms with van der Waals surface area (Å²) in [7, 11) is 0.626. The highest BCUT2D eigenvalue weighted by Crippen LogP contribution is 2.16. The second-order valence-corrected chi connectivity index (χ2v) is 11.9. The fourth-order valence-electron chi connectivity index (χ4n) is 4.08. The molecule has 0 fully saturated rings. The maximum Gasteiger partial charge on any atom is 0.518 e. The largest absolute Gasteiger partial charge is 0.518 e. The molecule has 0 heterocycles. The molecule has 0 aromatic rings. The van der Waals surface area contributed by atoms with Gasteiger partial charge in [-0.25, -0.2) is 0 Å². The Morgan fingerprint density at radius 3 is 1.20 bits per heavy atom. The molecule has 5 heteroatoms. The molecule has 30 heavy (non-hydrogen) atoms. The van der Waals surface area contributed by atoms with Gasteiger partial charge in [0.25, 0.3) is 0 Å². The van der Waals surface area contributed by atoms with E-state index in [1.807, 2.05) is 6.92 Å². The first kappa shape index (κ1) is 30.1. The molecule has 1 unspecified atom stereocenters. The number of rotatable bonds is 24. The fourth-order valence-corrected chi connectivity index (χ4v) is 6.23. The van der Waals surface area contributed by atoms with Gasteiger partial charge in [-0.1, -0.05) is 123 Å². The van der Waals surface area contributed by atoms with Gasteiger partial charge in [-0.15, -0.1) is 0 Å². The van der Waals surface area contributed by atoms with E-state index < -0.39 is 8.80 Å². The van der Waals surface area contributed by atoms with Crippen molar-refractivity contribution in [3.8, 4) is 0 Å². The number of nitrogens with two attached hydrogens (primary N) is 1. The van der Waals surface area contributed by atoms with Gasteiger partial charge >= 0.3 is 8.80 Å². The van der Waals surface area contributed by atoms with E-state index in [1.54, 1.807) is 14.2 Å². The Morgan fingerprint density at radius 2 is 0.900 bits per heavy atom. The molecule has 0 bridgehead atoms. The van der Waals surface area contributed by atoms with Gasteiger partial charge in [-0.2, -0.15) is 0 Å². The summed E-state index contributed by atoms with van der Waals surface area (Å²) in [6.07, 6.45) is 25.8. The van der Waals surface area contributed by atoms with Crippen molar-refractivity contribution in [2.75, 3.05) is 20.8 Å². The van der Waals surface area contributed by atoms with Gasteiger partial charge in [0.2, 0.25) is 0 Å². The lowest BCUT2D eigenvalue weighted by molar-refractivity contribution is 0.0861. The van der Waals surface area contributed by atoms with Gasteiger partial charge in [0.1, 0.15) is 0 Å². The highest BCUT2D eigenvalue weighted by molar-refractivity contribution is 6.62. The maximum atomic E-state index is 6.14. The van der Waals surface area contributed by atoms with Crippen molar-refractivity contribution in [2.24, 2.45) is 5.73 Å². The summed E-state index contributed by atoms with van der Waals surface area (Å²) in [5.74, 6) is 0. The van der Waals surface area contributed by atoms with E-state index in [1.165, 1.54) is 109 Å². The topological polar surface area (TPSA) is 53.7 Å². The van der Waals surface area contributed by atoms with Crippen molar-refractivity contribution in [1.29, 1.82) is 0 Å². The zero-order valence-electron chi connectivity index (χ0n) is 21.0. The predicted molar refractivity (Wildman–Crippen MR) is 133 cm³/mol. The molecule has 0 saturated heterocycles. The second kappa shape index (κ2) is 22.3. The molecule has 182 valence electrons. The molecule has 4 nitrogen and oxygen atoms in total. The Morgan fingerprint density at radius 1 is 0.567 bits per heavy atom. The standard InChI is InChI=1S/C25H55NO3Si/c1-5-7-8-9-10-11-12-13-14-15-16-17-18-19-20-21-22-23-24-29-30(27-3,28-4)25(26)6-2/h25H,5-24,26H2,1-4H3. The monoisotopic (exact) mass is 445 g/mol. The van der Waals surface area contributed by atoms with Crippen LogP contribution in [0.3, 0.4) is 0 Å². The Balaban J connectivity index is 3.33. The quantitative estimate of drug-likeness (QED) is 0.123. The Kier molecular flexibility index (Phi) is 22.3. The minimum atomic E-state index is -2.68. The molecule has 0 aromatic heterocycles. The van der Waals surface area contributed by atoms with Crippen LogP contribution in [0.5, 0.6) is 0 Å². The molecule has 0 amide bonds. The van der Waals surface area contributed by atoms with Crippen LogP contribution in [0.15, 0.2) is 0 Å². The second-order valence-electron chi connectivity index (χ2n) is 8.89. The zero-order valence-corrected chi connectivity index (χ0v) is 22.0. The predicted octanol–water partition coefficient (Wildman–Crippen LogP) is 7.55. The van der Waals surface area contributed by atoms with E-state index in [0.717, 1.165) is 12.8 Å². The summed E-state index contributed by atoms with van der Waals surface area (Å²) >= 11 is 0. The summed E-state index contributed by atoms with van der Waals surface area (Å²) in [5.41, 5.74) is 6.00. The highest BCUT2D eigenvalue weighted by Gasteiger charge is 2.45. The third-order valence-electron chi connectivity index (χ3n) is 6.26. The van der Waals surface area contributed by atoms with Crippen LogP contribution < -0.4 is 5.73 Å². The maximum absolute atomic E-state index is 6.14. The van der Waals surface area contributed by atoms with Gasteiger partial charge in [0, 0.05) is 20.8 Å². The van der Waals surface area contributed by atoms with Crippen LogP contribution >= 0.6 is 0 Å². The lowest BCUT2D eigenvalue weighted by atomic mass is 10.0. The van der Waals surface area contributed by atoms with E-state index >= 15 is 0 Å². The Labute approximate surface area is 190 Å². The van der Waals surface area contributed by atoms with Gasteiger partial charge < -0.3 is 19.0 Å². The molecule has 0 aliphatic heterocycles. The number of hydrogen-bond donors (Lipinski definition) is 1.